The topological polar surface area (TPSA) is 19.0 Å². The first-order chi connectivity index (χ1) is 13.0. The first kappa shape index (κ1) is 23.1. The summed E-state index contributed by atoms with van der Waals surface area (Å²) in [6.07, 6.45) is 8.43. The van der Waals surface area contributed by atoms with Crippen molar-refractivity contribution in [3.63, 3.8) is 0 Å². The van der Waals surface area contributed by atoms with Gasteiger partial charge in [-0.2, -0.15) is 0 Å². The summed E-state index contributed by atoms with van der Waals surface area (Å²) in [7, 11) is 2.27. The van der Waals surface area contributed by atoms with Crippen molar-refractivity contribution >= 4 is 0 Å². The number of rotatable bonds is 13. The van der Waals surface area contributed by atoms with Crippen LogP contribution in [0.4, 0.5) is 0 Å². The molecule has 4 nitrogen and oxygen atoms in total. The van der Waals surface area contributed by atoms with E-state index >= 15 is 0 Å². The highest BCUT2D eigenvalue weighted by Crippen LogP contribution is 2.28. The van der Waals surface area contributed by atoms with Crippen molar-refractivity contribution in [1.29, 1.82) is 0 Å². The van der Waals surface area contributed by atoms with Gasteiger partial charge in [-0.15, -0.1) is 0 Å². The molecule has 1 heterocycles. The summed E-state index contributed by atoms with van der Waals surface area (Å²) in [5, 5.41) is 0. The molecule has 2 fully saturated rings. The third-order valence-corrected chi connectivity index (χ3v) is 6.48. The lowest BCUT2D eigenvalue weighted by atomic mass is 9.87. The molecule has 0 aromatic rings. The van der Waals surface area contributed by atoms with Crippen LogP contribution in [0.3, 0.4) is 0 Å². The fraction of sp³-hybridized carbons (Fsp3) is 1.00. The lowest BCUT2D eigenvalue weighted by Gasteiger charge is -2.42. The van der Waals surface area contributed by atoms with Crippen LogP contribution >= 0.6 is 0 Å². The SMILES string of the molecule is CCCC(CCC)CN1CCN(CCO[C@H]2C[C@H](N(C)CC(C)C)C2)CC1. The van der Waals surface area contributed by atoms with Crippen LogP contribution in [0, 0.1) is 11.8 Å². The maximum Gasteiger partial charge on any atom is 0.0605 e. The Morgan fingerprint density at radius 2 is 1.56 bits per heavy atom. The summed E-state index contributed by atoms with van der Waals surface area (Å²) < 4.78 is 6.14. The van der Waals surface area contributed by atoms with Gasteiger partial charge < -0.3 is 14.5 Å². The fourth-order valence-corrected chi connectivity index (χ4v) is 4.81. The van der Waals surface area contributed by atoms with Crippen molar-refractivity contribution < 1.29 is 4.74 Å². The van der Waals surface area contributed by atoms with Crippen LogP contribution in [-0.4, -0.2) is 86.3 Å². The Hall–Kier alpha value is -0.160. The van der Waals surface area contributed by atoms with E-state index in [0.29, 0.717) is 6.10 Å². The second kappa shape index (κ2) is 12.4. The van der Waals surface area contributed by atoms with Crippen molar-refractivity contribution in [1.82, 2.24) is 14.7 Å². The van der Waals surface area contributed by atoms with Gasteiger partial charge in [0.2, 0.25) is 0 Å². The molecular weight excluding hydrogens is 334 g/mol. The van der Waals surface area contributed by atoms with E-state index in [4.69, 9.17) is 4.74 Å². The predicted octanol–water partition coefficient (Wildman–Crippen LogP) is 3.96. The highest BCUT2D eigenvalue weighted by atomic mass is 16.5. The molecular formula is C23H47N3O. The van der Waals surface area contributed by atoms with Gasteiger partial charge in [0.15, 0.2) is 0 Å². The number of piperazine rings is 1. The minimum Gasteiger partial charge on any atom is -0.377 e. The van der Waals surface area contributed by atoms with Gasteiger partial charge in [-0.25, -0.2) is 0 Å². The van der Waals surface area contributed by atoms with Crippen LogP contribution in [0.15, 0.2) is 0 Å². The van der Waals surface area contributed by atoms with E-state index in [1.807, 2.05) is 0 Å². The second-order valence-corrected chi connectivity index (χ2v) is 9.54. The molecule has 1 saturated carbocycles. The number of hydrogen-bond donors (Lipinski definition) is 0. The van der Waals surface area contributed by atoms with Crippen LogP contribution in [-0.2, 0) is 4.74 Å². The van der Waals surface area contributed by atoms with Gasteiger partial charge in [0.1, 0.15) is 0 Å². The highest BCUT2D eigenvalue weighted by Gasteiger charge is 2.32. The van der Waals surface area contributed by atoms with Crippen molar-refractivity contribution in [2.75, 3.05) is 59.5 Å². The van der Waals surface area contributed by atoms with Crippen LogP contribution in [0.25, 0.3) is 0 Å². The van der Waals surface area contributed by atoms with Crippen molar-refractivity contribution in [2.45, 2.75) is 78.4 Å². The number of nitrogens with zero attached hydrogens (tertiary/aromatic N) is 3. The standard InChI is InChI=1S/C23H47N3O/c1-6-8-21(9-7-2)19-26-12-10-25(11-13-26)14-15-27-23-16-22(17-23)24(5)18-20(3)4/h20-23H,6-19H2,1-5H3/t22-,23-. The average molecular weight is 382 g/mol. The molecule has 0 amide bonds. The summed E-state index contributed by atoms with van der Waals surface area (Å²) in [4.78, 5) is 7.83. The molecule has 0 aromatic carbocycles. The molecule has 2 aliphatic rings. The van der Waals surface area contributed by atoms with Gasteiger partial charge >= 0.3 is 0 Å². The Morgan fingerprint density at radius 1 is 0.963 bits per heavy atom. The van der Waals surface area contributed by atoms with Gasteiger partial charge in [0.05, 0.1) is 12.7 Å². The minimum absolute atomic E-state index is 0.509. The van der Waals surface area contributed by atoms with Crippen LogP contribution in [0.1, 0.15) is 66.2 Å². The van der Waals surface area contributed by atoms with Gasteiger partial charge in [-0.05, 0) is 44.6 Å². The van der Waals surface area contributed by atoms with Gasteiger partial charge in [-0.3, -0.25) is 4.90 Å². The fourth-order valence-electron chi connectivity index (χ4n) is 4.81. The zero-order valence-corrected chi connectivity index (χ0v) is 19.0. The summed E-state index contributed by atoms with van der Waals surface area (Å²) in [6.45, 7) is 18.7. The Kier molecular flexibility index (Phi) is 10.6. The molecule has 1 aliphatic carbocycles. The minimum atomic E-state index is 0.509. The second-order valence-electron chi connectivity index (χ2n) is 9.54. The Bertz CT molecular complexity index is 370. The molecule has 0 aromatic heterocycles. The summed E-state index contributed by atoms with van der Waals surface area (Å²) in [5.41, 5.74) is 0. The molecule has 4 heteroatoms. The van der Waals surface area contributed by atoms with Crippen molar-refractivity contribution in [3.05, 3.63) is 0 Å². The maximum absolute atomic E-state index is 6.14. The molecule has 0 bridgehead atoms. The zero-order chi connectivity index (χ0) is 19.6. The van der Waals surface area contributed by atoms with Crippen molar-refractivity contribution in [3.8, 4) is 0 Å². The zero-order valence-electron chi connectivity index (χ0n) is 19.0. The van der Waals surface area contributed by atoms with Crippen LogP contribution in [0.2, 0.25) is 0 Å². The Morgan fingerprint density at radius 3 is 2.11 bits per heavy atom. The molecule has 1 saturated heterocycles. The van der Waals surface area contributed by atoms with E-state index in [1.165, 1.54) is 77.8 Å². The molecule has 0 spiro atoms. The highest BCUT2D eigenvalue weighted by molar-refractivity contribution is 4.87. The monoisotopic (exact) mass is 381 g/mol. The van der Waals surface area contributed by atoms with Gasteiger partial charge in [0.25, 0.3) is 0 Å². The van der Waals surface area contributed by atoms with E-state index < -0.39 is 0 Å². The molecule has 0 atom stereocenters. The first-order valence-corrected chi connectivity index (χ1v) is 11.8. The third kappa shape index (κ3) is 8.39. The molecule has 27 heavy (non-hydrogen) atoms. The molecule has 1 aliphatic heterocycles. The molecule has 0 unspecified atom stereocenters. The molecule has 0 radical (unpaired) electrons. The largest absolute Gasteiger partial charge is 0.377 e. The summed E-state index contributed by atoms with van der Waals surface area (Å²) in [5.74, 6) is 1.67. The van der Waals surface area contributed by atoms with E-state index in [1.54, 1.807) is 0 Å². The Balaban J connectivity index is 1.52. The van der Waals surface area contributed by atoms with Crippen LogP contribution < -0.4 is 0 Å². The average Bonchev–Trinajstić information content (AvgIpc) is 2.58. The van der Waals surface area contributed by atoms with Crippen LogP contribution in [0.5, 0.6) is 0 Å². The maximum atomic E-state index is 6.14. The molecule has 160 valence electrons. The van der Waals surface area contributed by atoms with Gasteiger partial charge in [0, 0.05) is 51.9 Å². The number of ether oxygens (including phenoxy) is 1. The third-order valence-electron chi connectivity index (χ3n) is 6.48. The Labute approximate surface area is 169 Å². The van der Waals surface area contributed by atoms with E-state index in [-0.39, 0.29) is 0 Å². The van der Waals surface area contributed by atoms with E-state index in [0.717, 1.165) is 31.0 Å². The molecule has 2 rings (SSSR count). The van der Waals surface area contributed by atoms with E-state index in [2.05, 4.69) is 49.4 Å². The lowest BCUT2D eigenvalue weighted by Crippen LogP contribution is -2.50. The smallest absolute Gasteiger partial charge is 0.0605 e. The number of hydrogen-bond acceptors (Lipinski definition) is 4. The normalized spacial score (nSPS) is 24.9. The summed E-state index contributed by atoms with van der Waals surface area (Å²) in [6, 6.07) is 0.750. The van der Waals surface area contributed by atoms with Crippen molar-refractivity contribution in [2.24, 2.45) is 11.8 Å². The molecule has 0 N–H and O–H groups in total. The predicted molar refractivity (Wildman–Crippen MR) is 116 cm³/mol. The van der Waals surface area contributed by atoms with E-state index in [9.17, 15) is 0 Å². The summed E-state index contributed by atoms with van der Waals surface area (Å²) >= 11 is 0. The quantitative estimate of drug-likeness (QED) is 0.481. The first-order valence-electron chi connectivity index (χ1n) is 11.8. The lowest BCUT2D eigenvalue weighted by molar-refractivity contribution is -0.0543. The van der Waals surface area contributed by atoms with Gasteiger partial charge in [-0.1, -0.05) is 40.5 Å².